The van der Waals surface area contributed by atoms with Crippen LogP contribution in [0.25, 0.3) is 0 Å². The minimum atomic E-state index is 0.0212. The van der Waals surface area contributed by atoms with Crippen LogP contribution in [0.1, 0.15) is 29.7 Å². The van der Waals surface area contributed by atoms with Gasteiger partial charge in [0.25, 0.3) is 0 Å². The maximum Gasteiger partial charge on any atom is 0.0545 e. The first-order chi connectivity index (χ1) is 9.08. The standard InChI is InChI=1S/C16H18ClNS/c1-11-5-3-4-6-14(11)10-19-16-8-7-13(12(2)18)9-15(16)17/h3-9,12H,10,18H2,1-2H3/t12-/m1/s1. The smallest absolute Gasteiger partial charge is 0.0545 e. The molecule has 0 heterocycles. The summed E-state index contributed by atoms with van der Waals surface area (Å²) < 4.78 is 0. The molecule has 19 heavy (non-hydrogen) atoms. The second-order valence-electron chi connectivity index (χ2n) is 4.69. The van der Waals surface area contributed by atoms with Crippen LogP contribution >= 0.6 is 23.4 Å². The highest BCUT2D eigenvalue weighted by atomic mass is 35.5. The molecule has 100 valence electrons. The van der Waals surface area contributed by atoms with E-state index in [1.54, 1.807) is 11.8 Å². The minimum absolute atomic E-state index is 0.0212. The molecule has 0 fully saturated rings. The third-order valence-electron chi connectivity index (χ3n) is 3.13. The maximum atomic E-state index is 6.30. The lowest BCUT2D eigenvalue weighted by molar-refractivity contribution is 0.817. The van der Waals surface area contributed by atoms with Crippen molar-refractivity contribution < 1.29 is 0 Å². The summed E-state index contributed by atoms with van der Waals surface area (Å²) in [5.74, 6) is 0.934. The summed E-state index contributed by atoms with van der Waals surface area (Å²) in [6, 6.07) is 14.5. The Kier molecular flexibility index (Phi) is 4.92. The average molecular weight is 292 g/mol. The molecule has 0 aromatic heterocycles. The fourth-order valence-corrected chi connectivity index (χ4v) is 3.19. The molecule has 3 heteroatoms. The monoisotopic (exact) mass is 291 g/mol. The number of halogens is 1. The van der Waals surface area contributed by atoms with Gasteiger partial charge in [0, 0.05) is 16.7 Å². The average Bonchev–Trinajstić information content (AvgIpc) is 2.39. The molecule has 2 N–H and O–H groups in total. The van der Waals surface area contributed by atoms with Crippen LogP contribution in [0.2, 0.25) is 5.02 Å². The Morgan fingerprint density at radius 1 is 1.21 bits per heavy atom. The molecule has 0 bridgehead atoms. The predicted molar refractivity (Wildman–Crippen MR) is 84.8 cm³/mol. The molecular weight excluding hydrogens is 274 g/mol. The second-order valence-corrected chi connectivity index (χ2v) is 6.12. The largest absolute Gasteiger partial charge is 0.324 e. The van der Waals surface area contributed by atoms with E-state index in [-0.39, 0.29) is 6.04 Å². The van der Waals surface area contributed by atoms with Crippen molar-refractivity contribution in [2.75, 3.05) is 0 Å². The molecule has 0 aliphatic heterocycles. The zero-order valence-corrected chi connectivity index (χ0v) is 12.8. The number of nitrogens with two attached hydrogens (primary N) is 1. The lowest BCUT2D eigenvalue weighted by Gasteiger charge is -2.10. The Hall–Kier alpha value is -0.960. The lowest BCUT2D eigenvalue weighted by atomic mass is 10.1. The van der Waals surface area contributed by atoms with Crippen LogP contribution in [-0.2, 0) is 5.75 Å². The molecule has 2 rings (SSSR count). The van der Waals surface area contributed by atoms with E-state index in [2.05, 4.69) is 43.3 Å². The van der Waals surface area contributed by atoms with Gasteiger partial charge in [0.05, 0.1) is 5.02 Å². The van der Waals surface area contributed by atoms with Crippen molar-refractivity contribution in [3.05, 3.63) is 64.2 Å². The van der Waals surface area contributed by atoms with Gasteiger partial charge in [-0.1, -0.05) is 41.9 Å². The van der Waals surface area contributed by atoms with Gasteiger partial charge >= 0.3 is 0 Å². The first-order valence-electron chi connectivity index (χ1n) is 6.30. The highest BCUT2D eigenvalue weighted by molar-refractivity contribution is 7.98. The van der Waals surface area contributed by atoms with E-state index in [0.29, 0.717) is 0 Å². The van der Waals surface area contributed by atoms with Crippen LogP contribution < -0.4 is 5.73 Å². The van der Waals surface area contributed by atoms with E-state index in [0.717, 1.165) is 21.2 Å². The van der Waals surface area contributed by atoms with Crippen LogP contribution in [0, 0.1) is 6.92 Å². The summed E-state index contributed by atoms with van der Waals surface area (Å²) in [5.41, 5.74) is 9.59. The Morgan fingerprint density at radius 3 is 2.58 bits per heavy atom. The number of thioether (sulfide) groups is 1. The molecular formula is C16H18ClNS. The highest BCUT2D eigenvalue weighted by Gasteiger charge is 2.06. The molecule has 0 aliphatic rings. The van der Waals surface area contributed by atoms with Crippen LogP contribution in [0.3, 0.4) is 0 Å². The van der Waals surface area contributed by atoms with Crippen LogP contribution in [0.4, 0.5) is 0 Å². The number of benzene rings is 2. The van der Waals surface area contributed by atoms with Gasteiger partial charge in [-0.2, -0.15) is 0 Å². The Bertz CT molecular complexity index is 566. The van der Waals surface area contributed by atoms with Gasteiger partial charge in [-0.3, -0.25) is 0 Å². The summed E-state index contributed by atoms with van der Waals surface area (Å²) in [7, 11) is 0. The molecule has 0 amide bonds. The van der Waals surface area contributed by atoms with E-state index < -0.39 is 0 Å². The van der Waals surface area contributed by atoms with Gasteiger partial charge in [0.2, 0.25) is 0 Å². The summed E-state index contributed by atoms with van der Waals surface area (Å²) in [4.78, 5) is 1.11. The molecule has 0 radical (unpaired) electrons. The summed E-state index contributed by atoms with van der Waals surface area (Å²) in [5, 5.41) is 0.786. The minimum Gasteiger partial charge on any atom is -0.324 e. The van der Waals surface area contributed by atoms with E-state index in [9.17, 15) is 0 Å². The molecule has 2 aromatic carbocycles. The Morgan fingerprint density at radius 2 is 1.95 bits per heavy atom. The van der Waals surface area contributed by atoms with Crippen LogP contribution in [0.15, 0.2) is 47.4 Å². The molecule has 0 spiro atoms. The molecule has 2 aromatic rings. The Balaban J connectivity index is 2.10. The SMILES string of the molecule is Cc1ccccc1CSc1ccc([C@@H](C)N)cc1Cl. The number of hydrogen-bond acceptors (Lipinski definition) is 2. The van der Waals surface area contributed by atoms with Crippen molar-refractivity contribution in [2.24, 2.45) is 5.73 Å². The lowest BCUT2D eigenvalue weighted by Crippen LogP contribution is -2.04. The van der Waals surface area contributed by atoms with E-state index >= 15 is 0 Å². The Labute approximate surface area is 124 Å². The van der Waals surface area contributed by atoms with Gasteiger partial charge in [0.15, 0.2) is 0 Å². The van der Waals surface area contributed by atoms with Crippen LogP contribution in [-0.4, -0.2) is 0 Å². The second kappa shape index (κ2) is 6.47. The predicted octanol–water partition coefficient (Wildman–Crippen LogP) is 4.96. The zero-order valence-electron chi connectivity index (χ0n) is 11.2. The molecule has 0 unspecified atom stereocenters. The van der Waals surface area contributed by atoms with E-state index in [1.165, 1.54) is 11.1 Å². The first kappa shape index (κ1) is 14.4. The maximum absolute atomic E-state index is 6.30. The summed E-state index contributed by atoms with van der Waals surface area (Å²) >= 11 is 8.07. The molecule has 1 nitrogen and oxygen atoms in total. The highest BCUT2D eigenvalue weighted by Crippen LogP contribution is 2.32. The van der Waals surface area contributed by atoms with Gasteiger partial charge in [-0.05, 0) is 42.7 Å². The third kappa shape index (κ3) is 3.75. The third-order valence-corrected chi connectivity index (χ3v) is 4.67. The van der Waals surface area contributed by atoms with Crippen molar-refractivity contribution in [3.8, 4) is 0 Å². The fraction of sp³-hybridized carbons (Fsp3) is 0.250. The summed E-state index contributed by atoms with van der Waals surface area (Å²) in [6.07, 6.45) is 0. The van der Waals surface area contributed by atoms with E-state index in [1.807, 2.05) is 13.0 Å². The molecule has 0 aliphatic carbocycles. The molecule has 0 saturated carbocycles. The summed E-state index contributed by atoms with van der Waals surface area (Å²) in [6.45, 7) is 4.10. The normalized spacial score (nSPS) is 12.4. The first-order valence-corrected chi connectivity index (χ1v) is 7.66. The van der Waals surface area contributed by atoms with Gasteiger partial charge < -0.3 is 5.73 Å². The molecule has 1 atom stereocenters. The van der Waals surface area contributed by atoms with Gasteiger partial charge in [-0.25, -0.2) is 0 Å². The topological polar surface area (TPSA) is 26.0 Å². The zero-order chi connectivity index (χ0) is 13.8. The van der Waals surface area contributed by atoms with Crippen molar-refractivity contribution in [2.45, 2.75) is 30.5 Å². The van der Waals surface area contributed by atoms with Crippen molar-refractivity contribution in [3.63, 3.8) is 0 Å². The fourth-order valence-electron chi connectivity index (χ4n) is 1.84. The quantitative estimate of drug-likeness (QED) is 0.806. The van der Waals surface area contributed by atoms with Crippen molar-refractivity contribution in [1.82, 2.24) is 0 Å². The molecule has 0 saturated heterocycles. The van der Waals surface area contributed by atoms with Gasteiger partial charge in [-0.15, -0.1) is 11.8 Å². The van der Waals surface area contributed by atoms with Crippen molar-refractivity contribution in [1.29, 1.82) is 0 Å². The van der Waals surface area contributed by atoms with Crippen molar-refractivity contribution >= 4 is 23.4 Å². The van der Waals surface area contributed by atoms with Crippen LogP contribution in [0.5, 0.6) is 0 Å². The van der Waals surface area contributed by atoms with E-state index in [4.69, 9.17) is 17.3 Å². The van der Waals surface area contributed by atoms with Gasteiger partial charge in [0.1, 0.15) is 0 Å². The number of hydrogen-bond donors (Lipinski definition) is 1. The number of aryl methyl sites for hydroxylation is 1. The number of rotatable bonds is 4.